The van der Waals surface area contributed by atoms with Crippen molar-refractivity contribution in [2.45, 2.75) is 96.8 Å². The maximum absolute atomic E-state index is 6.23. The van der Waals surface area contributed by atoms with Crippen LogP contribution < -0.4 is 20.5 Å². The summed E-state index contributed by atoms with van der Waals surface area (Å²) >= 11 is 0. The molecule has 0 aliphatic rings. The minimum absolute atomic E-state index is 0.331. The van der Waals surface area contributed by atoms with Crippen LogP contribution in [0.15, 0.2) is 30.6 Å². The lowest BCUT2D eigenvalue weighted by Gasteiger charge is -2.13. The molecule has 0 bridgehead atoms. The molecule has 184 valence electrons. The van der Waals surface area contributed by atoms with Crippen LogP contribution in [0.4, 0.5) is 11.5 Å². The van der Waals surface area contributed by atoms with E-state index in [1.807, 2.05) is 24.3 Å². The minimum atomic E-state index is 0.331. The molecule has 6 nitrogen and oxygen atoms in total. The Morgan fingerprint density at radius 1 is 0.758 bits per heavy atom. The van der Waals surface area contributed by atoms with Gasteiger partial charge in [0.25, 0.3) is 0 Å². The van der Waals surface area contributed by atoms with E-state index in [1.165, 1.54) is 89.8 Å². The quantitative estimate of drug-likeness (QED) is 0.210. The minimum Gasteiger partial charge on any atom is -0.493 e. The number of unbranched alkanes of at least 4 members (excludes halogenated alkanes) is 13. The van der Waals surface area contributed by atoms with E-state index >= 15 is 0 Å². The lowest BCUT2D eigenvalue weighted by Crippen LogP contribution is -2.08. The number of benzene rings is 1. The van der Waals surface area contributed by atoms with Crippen molar-refractivity contribution in [3.8, 4) is 17.4 Å². The molecule has 2 aromatic rings. The summed E-state index contributed by atoms with van der Waals surface area (Å²) in [6.07, 6.45) is 20.4. The van der Waals surface area contributed by atoms with E-state index in [1.54, 1.807) is 7.11 Å². The van der Waals surface area contributed by atoms with Crippen molar-refractivity contribution < 1.29 is 9.47 Å². The number of methoxy groups -OCH3 is 1. The van der Waals surface area contributed by atoms with E-state index in [9.17, 15) is 0 Å². The standard InChI is InChI=1S/C27H44N4O2/c1-3-4-5-6-7-8-9-10-11-12-13-14-15-18-21-29-26-25(28)27(31-22-30-26)33-24-20-17-16-19-23(24)32-2/h16-17,19-20,22H,3-15,18,21,28H2,1-2H3,(H,29,30,31). The Kier molecular flexibility index (Phi) is 13.8. The molecule has 0 saturated carbocycles. The number of hydrogen-bond acceptors (Lipinski definition) is 6. The van der Waals surface area contributed by atoms with Gasteiger partial charge in [0.2, 0.25) is 5.88 Å². The van der Waals surface area contributed by atoms with Crippen molar-refractivity contribution in [1.82, 2.24) is 9.97 Å². The first-order valence-corrected chi connectivity index (χ1v) is 12.9. The van der Waals surface area contributed by atoms with E-state index < -0.39 is 0 Å². The topological polar surface area (TPSA) is 82.3 Å². The Balaban J connectivity index is 1.54. The lowest BCUT2D eigenvalue weighted by molar-refractivity contribution is 0.374. The Hall–Kier alpha value is -2.50. The second kappa shape index (κ2) is 17.0. The SMILES string of the molecule is CCCCCCCCCCCCCCCCNc1ncnc(Oc2ccccc2OC)c1N. The smallest absolute Gasteiger partial charge is 0.248 e. The number of aromatic nitrogens is 2. The molecule has 6 heteroatoms. The molecule has 0 aliphatic heterocycles. The van der Waals surface area contributed by atoms with Crippen LogP contribution in [-0.4, -0.2) is 23.6 Å². The maximum Gasteiger partial charge on any atom is 0.248 e. The number of rotatable bonds is 19. The molecule has 0 saturated heterocycles. The van der Waals surface area contributed by atoms with Gasteiger partial charge in [-0.3, -0.25) is 0 Å². The molecule has 0 aliphatic carbocycles. The van der Waals surface area contributed by atoms with E-state index in [0.29, 0.717) is 28.9 Å². The molecule has 0 atom stereocenters. The highest BCUT2D eigenvalue weighted by Gasteiger charge is 2.12. The summed E-state index contributed by atoms with van der Waals surface area (Å²) < 4.78 is 11.2. The zero-order valence-corrected chi connectivity index (χ0v) is 20.8. The fourth-order valence-corrected chi connectivity index (χ4v) is 3.94. The van der Waals surface area contributed by atoms with Gasteiger partial charge in [-0.15, -0.1) is 0 Å². The van der Waals surface area contributed by atoms with Crippen molar-refractivity contribution in [3.63, 3.8) is 0 Å². The van der Waals surface area contributed by atoms with E-state index in [-0.39, 0.29) is 0 Å². The van der Waals surface area contributed by atoms with E-state index in [0.717, 1.165) is 13.0 Å². The molecule has 1 aromatic heterocycles. The lowest BCUT2D eigenvalue weighted by atomic mass is 10.0. The number of ether oxygens (including phenoxy) is 2. The zero-order valence-electron chi connectivity index (χ0n) is 20.8. The van der Waals surface area contributed by atoms with Gasteiger partial charge in [0, 0.05) is 6.54 Å². The highest BCUT2D eigenvalue weighted by atomic mass is 16.5. The van der Waals surface area contributed by atoms with Gasteiger partial charge in [0.05, 0.1) is 7.11 Å². The molecule has 1 heterocycles. The highest BCUT2D eigenvalue weighted by Crippen LogP contribution is 2.34. The third-order valence-corrected chi connectivity index (χ3v) is 5.95. The molecule has 0 fully saturated rings. The molecule has 0 radical (unpaired) electrons. The van der Waals surface area contributed by atoms with Gasteiger partial charge >= 0.3 is 0 Å². The van der Waals surface area contributed by atoms with Crippen LogP contribution in [0.3, 0.4) is 0 Å². The van der Waals surface area contributed by atoms with Crippen LogP contribution >= 0.6 is 0 Å². The summed E-state index contributed by atoms with van der Waals surface area (Å²) in [6, 6.07) is 7.42. The Morgan fingerprint density at radius 2 is 1.30 bits per heavy atom. The van der Waals surface area contributed by atoms with Gasteiger partial charge in [-0.25, -0.2) is 4.98 Å². The van der Waals surface area contributed by atoms with Crippen molar-refractivity contribution in [2.24, 2.45) is 0 Å². The van der Waals surface area contributed by atoms with Gasteiger partial charge in [0.15, 0.2) is 17.3 Å². The summed E-state index contributed by atoms with van der Waals surface area (Å²) in [4.78, 5) is 8.45. The fourth-order valence-electron chi connectivity index (χ4n) is 3.94. The molecule has 2 rings (SSSR count). The number of anilines is 2. The molecule has 0 amide bonds. The van der Waals surface area contributed by atoms with E-state index in [2.05, 4.69) is 22.2 Å². The summed E-state index contributed by atoms with van der Waals surface area (Å²) in [7, 11) is 1.61. The van der Waals surface area contributed by atoms with E-state index in [4.69, 9.17) is 15.2 Å². The molecule has 0 spiro atoms. The first-order chi connectivity index (χ1) is 16.3. The predicted octanol–water partition coefficient (Wildman–Crippen LogP) is 7.75. The van der Waals surface area contributed by atoms with Crippen LogP contribution in [0.1, 0.15) is 96.8 Å². The number of nitrogen functional groups attached to an aromatic ring is 1. The Labute approximate surface area is 200 Å². The first-order valence-electron chi connectivity index (χ1n) is 12.9. The molecule has 0 unspecified atom stereocenters. The zero-order chi connectivity index (χ0) is 23.6. The number of nitrogens with one attached hydrogen (secondary N) is 1. The maximum atomic E-state index is 6.23. The molecule has 3 N–H and O–H groups in total. The van der Waals surface area contributed by atoms with Crippen molar-refractivity contribution in [2.75, 3.05) is 24.7 Å². The predicted molar refractivity (Wildman–Crippen MR) is 138 cm³/mol. The second-order valence-corrected chi connectivity index (χ2v) is 8.72. The van der Waals surface area contributed by atoms with Crippen LogP contribution in [0.25, 0.3) is 0 Å². The fraction of sp³-hybridized carbons (Fsp3) is 0.630. The van der Waals surface area contributed by atoms with Crippen LogP contribution in [0.2, 0.25) is 0 Å². The van der Waals surface area contributed by atoms with Crippen LogP contribution in [-0.2, 0) is 0 Å². The summed E-state index contributed by atoms with van der Waals surface area (Å²) in [6.45, 7) is 3.12. The van der Waals surface area contributed by atoms with Gasteiger partial charge in [0.1, 0.15) is 12.0 Å². The van der Waals surface area contributed by atoms with Gasteiger partial charge < -0.3 is 20.5 Å². The second-order valence-electron chi connectivity index (χ2n) is 8.72. The largest absolute Gasteiger partial charge is 0.493 e. The normalized spacial score (nSPS) is 10.8. The van der Waals surface area contributed by atoms with Crippen molar-refractivity contribution >= 4 is 11.5 Å². The number of para-hydroxylation sites is 2. The Morgan fingerprint density at radius 3 is 1.88 bits per heavy atom. The average Bonchev–Trinajstić information content (AvgIpc) is 2.84. The number of nitrogens with zero attached hydrogens (tertiary/aromatic N) is 2. The van der Waals surface area contributed by atoms with Gasteiger partial charge in [-0.2, -0.15) is 4.98 Å². The van der Waals surface area contributed by atoms with Crippen LogP contribution in [0, 0.1) is 0 Å². The van der Waals surface area contributed by atoms with Gasteiger partial charge in [-0.1, -0.05) is 103 Å². The first kappa shape index (κ1) is 26.7. The molecule has 1 aromatic carbocycles. The number of hydrogen-bond donors (Lipinski definition) is 2. The number of nitrogens with two attached hydrogens (primary N) is 1. The highest BCUT2D eigenvalue weighted by molar-refractivity contribution is 5.67. The molecular weight excluding hydrogens is 412 g/mol. The molecule has 33 heavy (non-hydrogen) atoms. The third kappa shape index (κ3) is 10.8. The van der Waals surface area contributed by atoms with Gasteiger partial charge in [-0.05, 0) is 18.6 Å². The monoisotopic (exact) mass is 456 g/mol. The molecular formula is C27H44N4O2. The summed E-state index contributed by atoms with van der Waals surface area (Å²) in [5.41, 5.74) is 6.64. The summed E-state index contributed by atoms with van der Waals surface area (Å²) in [5.74, 6) is 2.15. The average molecular weight is 457 g/mol. The Bertz CT molecular complexity index is 770. The summed E-state index contributed by atoms with van der Waals surface area (Å²) in [5, 5.41) is 3.32. The van der Waals surface area contributed by atoms with Crippen molar-refractivity contribution in [3.05, 3.63) is 30.6 Å². The third-order valence-electron chi connectivity index (χ3n) is 5.95. The van der Waals surface area contributed by atoms with Crippen LogP contribution in [0.5, 0.6) is 17.4 Å². The van der Waals surface area contributed by atoms with Crippen molar-refractivity contribution in [1.29, 1.82) is 0 Å².